The van der Waals surface area contributed by atoms with E-state index in [9.17, 15) is 0 Å². The lowest BCUT2D eigenvalue weighted by Gasteiger charge is -2.02. The number of benzene rings is 1. The molecule has 2 nitrogen and oxygen atoms in total. The molecule has 0 amide bonds. The molecule has 0 radical (unpaired) electrons. The maximum atomic E-state index is 3.33. The molecule has 2 aromatic rings. The fraction of sp³-hybridized carbons (Fsp3) is 0.417. The van der Waals surface area contributed by atoms with Crippen LogP contribution in [0.4, 0.5) is 0 Å². The summed E-state index contributed by atoms with van der Waals surface area (Å²) in [5.41, 5.74) is 2.62. The Kier molecular flexibility index (Phi) is 2.28. The molecule has 2 rings (SSSR count). The Hall–Kier alpha value is -1.31. The van der Waals surface area contributed by atoms with Crippen LogP contribution in [0.3, 0.4) is 0 Å². The molecule has 0 aliphatic heterocycles. The highest BCUT2D eigenvalue weighted by atomic mass is 15.3. The lowest BCUT2D eigenvalue weighted by molar-refractivity contribution is -0.745. The molecular weight excluding hydrogens is 172 g/mol. The Morgan fingerprint density at radius 2 is 2.14 bits per heavy atom. The third-order valence-electron chi connectivity index (χ3n) is 2.64. The summed E-state index contributed by atoms with van der Waals surface area (Å²) in [7, 11) is 0. The molecule has 1 aromatic carbocycles. The topological polar surface area (TPSA) is 19.7 Å². The normalized spacial score (nSPS) is 11.4. The second kappa shape index (κ2) is 3.45. The van der Waals surface area contributed by atoms with Crippen molar-refractivity contribution < 1.29 is 4.68 Å². The van der Waals surface area contributed by atoms with Gasteiger partial charge < -0.3 is 0 Å². The van der Waals surface area contributed by atoms with Crippen molar-refractivity contribution in [2.24, 2.45) is 0 Å². The van der Waals surface area contributed by atoms with Gasteiger partial charge in [0.25, 0.3) is 0 Å². The van der Waals surface area contributed by atoms with Crippen LogP contribution in [0.1, 0.15) is 32.3 Å². The predicted molar refractivity (Wildman–Crippen MR) is 58.3 cm³/mol. The third kappa shape index (κ3) is 1.52. The lowest BCUT2D eigenvalue weighted by atomic mass is 10.0. The molecule has 0 fully saturated rings. The van der Waals surface area contributed by atoms with Gasteiger partial charge in [-0.2, -0.15) is 5.10 Å². The summed E-state index contributed by atoms with van der Waals surface area (Å²) < 4.78 is 2.11. The Labute approximate surface area is 84.5 Å². The van der Waals surface area contributed by atoms with Crippen LogP contribution in [0, 0.1) is 0 Å². The van der Waals surface area contributed by atoms with Crippen molar-refractivity contribution in [2.75, 3.05) is 0 Å². The largest absolute Gasteiger partial charge is 0.203 e. The number of rotatable bonds is 2. The van der Waals surface area contributed by atoms with Gasteiger partial charge in [-0.05, 0) is 30.5 Å². The molecule has 0 aliphatic carbocycles. The van der Waals surface area contributed by atoms with E-state index in [0.29, 0.717) is 5.92 Å². The van der Waals surface area contributed by atoms with E-state index >= 15 is 0 Å². The number of aryl methyl sites for hydroxylation is 1. The van der Waals surface area contributed by atoms with Gasteiger partial charge >= 0.3 is 0 Å². The summed E-state index contributed by atoms with van der Waals surface area (Å²) in [6.07, 6.45) is 2.17. The van der Waals surface area contributed by atoms with Crippen LogP contribution in [-0.2, 0) is 6.54 Å². The second-order valence-electron chi connectivity index (χ2n) is 4.03. The number of nitrogens with one attached hydrogen (secondary N) is 1. The van der Waals surface area contributed by atoms with E-state index in [4.69, 9.17) is 0 Å². The van der Waals surface area contributed by atoms with E-state index in [2.05, 4.69) is 54.9 Å². The molecular formula is C12H17N2+. The van der Waals surface area contributed by atoms with Crippen LogP contribution >= 0.6 is 0 Å². The van der Waals surface area contributed by atoms with Gasteiger partial charge in [0.15, 0.2) is 6.54 Å². The Morgan fingerprint density at radius 3 is 2.79 bits per heavy atom. The van der Waals surface area contributed by atoms with Gasteiger partial charge in [-0.15, -0.1) is 4.68 Å². The smallest absolute Gasteiger partial charge is 0.165 e. The molecule has 2 heteroatoms. The highest BCUT2D eigenvalue weighted by Gasteiger charge is 2.07. The van der Waals surface area contributed by atoms with Crippen LogP contribution in [0.15, 0.2) is 24.4 Å². The second-order valence-corrected chi connectivity index (χ2v) is 4.03. The average molecular weight is 189 g/mol. The van der Waals surface area contributed by atoms with E-state index in [1.54, 1.807) is 0 Å². The van der Waals surface area contributed by atoms with Gasteiger partial charge in [0, 0.05) is 0 Å². The summed E-state index contributed by atoms with van der Waals surface area (Å²) in [6.45, 7) is 7.58. The summed E-state index contributed by atoms with van der Waals surface area (Å²) >= 11 is 0. The first kappa shape index (κ1) is 9.25. The summed E-state index contributed by atoms with van der Waals surface area (Å²) in [6, 6.07) is 6.63. The maximum absolute atomic E-state index is 3.33. The first-order chi connectivity index (χ1) is 6.70. The van der Waals surface area contributed by atoms with Crippen molar-refractivity contribution in [3.63, 3.8) is 0 Å². The van der Waals surface area contributed by atoms with Crippen molar-refractivity contribution in [2.45, 2.75) is 33.2 Å². The number of nitrogens with zero attached hydrogens (tertiary/aromatic N) is 1. The minimum atomic E-state index is 0.601. The molecule has 0 aliphatic rings. The molecule has 0 atom stereocenters. The first-order valence-corrected chi connectivity index (χ1v) is 5.23. The third-order valence-corrected chi connectivity index (χ3v) is 2.64. The summed E-state index contributed by atoms with van der Waals surface area (Å²) in [5, 5.41) is 4.63. The fourth-order valence-electron chi connectivity index (χ4n) is 1.67. The van der Waals surface area contributed by atoms with Crippen LogP contribution < -0.4 is 4.68 Å². The lowest BCUT2D eigenvalue weighted by Crippen LogP contribution is -2.32. The molecule has 0 saturated carbocycles. The molecule has 1 aromatic heterocycles. The zero-order chi connectivity index (χ0) is 10.1. The SMILES string of the molecule is CC[n+]1cc2cc(C(C)C)ccc2[nH]1. The minimum Gasteiger partial charge on any atom is -0.165 e. The van der Waals surface area contributed by atoms with Crippen LogP contribution in [0.2, 0.25) is 0 Å². The highest BCUT2D eigenvalue weighted by Crippen LogP contribution is 2.18. The molecule has 0 saturated heterocycles. The van der Waals surface area contributed by atoms with E-state index < -0.39 is 0 Å². The quantitative estimate of drug-likeness (QED) is 0.701. The molecule has 1 heterocycles. The molecule has 14 heavy (non-hydrogen) atoms. The minimum absolute atomic E-state index is 0.601. The van der Waals surface area contributed by atoms with E-state index in [1.165, 1.54) is 16.5 Å². The van der Waals surface area contributed by atoms with E-state index in [0.717, 1.165) is 6.54 Å². The highest BCUT2D eigenvalue weighted by molar-refractivity contribution is 5.77. The predicted octanol–water partition coefficient (Wildman–Crippen LogP) is 2.60. The van der Waals surface area contributed by atoms with Crippen molar-refractivity contribution in [3.8, 4) is 0 Å². The zero-order valence-electron chi connectivity index (χ0n) is 9.04. The summed E-state index contributed by atoms with van der Waals surface area (Å²) in [4.78, 5) is 0. The van der Waals surface area contributed by atoms with Gasteiger partial charge in [-0.25, -0.2) is 0 Å². The Bertz CT molecular complexity index is 441. The van der Waals surface area contributed by atoms with Crippen molar-refractivity contribution >= 4 is 10.9 Å². The number of hydrogen-bond donors (Lipinski definition) is 1. The summed E-state index contributed by atoms with van der Waals surface area (Å²) in [5.74, 6) is 0.601. The van der Waals surface area contributed by atoms with Gasteiger partial charge in [-0.1, -0.05) is 19.9 Å². The Balaban J connectivity index is 2.54. The number of hydrogen-bond acceptors (Lipinski definition) is 0. The maximum Gasteiger partial charge on any atom is 0.203 e. The van der Waals surface area contributed by atoms with Gasteiger partial charge in [-0.3, -0.25) is 0 Å². The average Bonchev–Trinajstić information content (AvgIpc) is 2.58. The van der Waals surface area contributed by atoms with Crippen molar-refractivity contribution in [3.05, 3.63) is 30.0 Å². The first-order valence-electron chi connectivity index (χ1n) is 5.23. The number of H-pyrrole nitrogens is 1. The molecule has 0 spiro atoms. The van der Waals surface area contributed by atoms with Crippen molar-refractivity contribution in [1.29, 1.82) is 0 Å². The van der Waals surface area contributed by atoms with Crippen LogP contribution in [-0.4, -0.2) is 5.10 Å². The van der Waals surface area contributed by atoms with Crippen molar-refractivity contribution in [1.82, 2.24) is 5.10 Å². The molecule has 0 bridgehead atoms. The monoisotopic (exact) mass is 189 g/mol. The van der Waals surface area contributed by atoms with Crippen LogP contribution in [0.25, 0.3) is 10.9 Å². The molecule has 74 valence electrons. The van der Waals surface area contributed by atoms with Crippen LogP contribution in [0.5, 0.6) is 0 Å². The van der Waals surface area contributed by atoms with Gasteiger partial charge in [0.2, 0.25) is 6.20 Å². The van der Waals surface area contributed by atoms with E-state index in [1.807, 2.05) is 0 Å². The zero-order valence-corrected chi connectivity index (χ0v) is 9.04. The molecule has 0 unspecified atom stereocenters. The number of fused-ring (bicyclic) bond motifs is 1. The van der Waals surface area contributed by atoms with Gasteiger partial charge in [0.1, 0.15) is 5.52 Å². The fourth-order valence-corrected chi connectivity index (χ4v) is 1.67. The number of aromatic amines is 1. The standard InChI is InChI=1S/C12H16N2/c1-4-14-8-11-7-10(9(2)3)5-6-12(11)13-14/h5-9H,4H2,1-3H3/p+1. The number of aromatic nitrogens is 2. The van der Waals surface area contributed by atoms with E-state index in [-0.39, 0.29) is 0 Å². The molecule has 1 N–H and O–H groups in total. The Morgan fingerprint density at radius 1 is 1.36 bits per heavy atom. The van der Waals surface area contributed by atoms with Gasteiger partial charge in [0.05, 0.1) is 5.39 Å².